The Morgan fingerprint density at radius 1 is 1.19 bits per heavy atom. The minimum Gasteiger partial charge on any atom is -0.481 e. The summed E-state index contributed by atoms with van der Waals surface area (Å²) >= 11 is 0. The topological polar surface area (TPSA) is 111 Å². The Balaban J connectivity index is 1.38. The van der Waals surface area contributed by atoms with E-state index in [9.17, 15) is 9.59 Å². The van der Waals surface area contributed by atoms with Gasteiger partial charge in [-0.3, -0.25) is 9.59 Å². The molecule has 1 unspecified atom stereocenters. The molecule has 1 aliphatic carbocycles. The molecule has 1 saturated heterocycles. The second-order valence-electron chi connectivity index (χ2n) is 8.24. The van der Waals surface area contributed by atoms with Gasteiger partial charge in [0.15, 0.2) is 5.82 Å². The van der Waals surface area contributed by atoms with Crippen molar-refractivity contribution in [2.75, 3.05) is 33.9 Å². The lowest BCUT2D eigenvalue weighted by atomic mass is 9.85. The Hall–Kier alpha value is -3.17. The molecule has 32 heavy (non-hydrogen) atoms. The van der Waals surface area contributed by atoms with E-state index < -0.39 is 0 Å². The zero-order valence-electron chi connectivity index (χ0n) is 18.7. The third-order valence-corrected chi connectivity index (χ3v) is 6.28. The van der Waals surface area contributed by atoms with Gasteiger partial charge in [0.2, 0.25) is 23.6 Å². The summed E-state index contributed by atoms with van der Waals surface area (Å²) < 4.78 is 15.8. The minimum absolute atomic E-state index is 0.0318. The van der Waals surface area contributed by atoms with Gasteiger partial charge in [-0.25, -0.2) is 0 Å². The minimum atomic E-state index is -0.175. The fourth-order valence-corrected chi connectivity index (χ4v) is 4.21. The normalized spacial score (nSPS) is 18.3. The molecule has 1 saturated carbocycles. The number of hydrogen-bond donors (Lipinski definition) is 0. The third-order valence-electron chi connectivity index (χ3n) is 6.28. The molecule has 2 aliphatic rings. The van der Waals surface area contributed by atoms with E-state index in [2.05, 4.69) is 15.1 Å². The van der Waals surface area contributed by atoms with Crippen LogP contribution in [-0.2, 0) is 11.2 Å². The van der Waals surface area contributed by atoms with Crippen molar-refractivity contribution in [2.45, 2.75) is 51.0 Å². The smallest absolute Gasteiger partial charge is 0.259 e. The number of rotatable bonds is 8. The monoisotopic (exact) mass is 443 g/mol. The van der Waals surface area contributed by atoms with Gasteiger partial charge in [-0.05, 0) is 25.3 Å². The van der Waals surface area contributed by atoms with Gasteiger partial charge >= 0.3 is 0 Å². The van der Waals surface area contributed by atoms with E-state index in [1.165, 1.54) is 20.6 Å². The summed E-state index contributed by atoms with van der Waals surface area (Å²) in [6.45, 7) is 3.04. The maximum absolute atomic E-state index is 13.1. The van der Waals surface area contributed by atoms with E-state index in [-0.39, 0.29) is 23.7 Å². The summed E-state index contributed by atoms with van der Waals surface area (Å²) in [4.78, 5) is 37.6. The van der Waals surface area contributed by atoms with Crippen LogP contribution in [0.2, 0.25) is 0 Å². The SMILES string of the molecule is COc1ccc(C(=O)N2CCC(N(CCc3noc(C4CCC4)n3)C(C)=O)C2)c(OC)n1. The molecule has 1 aliphatic heterocycles. The highest BCUT2D eigenvalue weighted by atomic mass is 16.5. The molecular weight excluding hydrogens is 414 g/mol. The lowest BCUT2D eigenvalue weighted by Crippen LogP contribution is -2.42. The Labute approximate surface area is 186 Å². The molecule has 2 aromatic heterocycles. The summed E-state index contributed by atoms with van der Waals surface area (Å²) in [5.41, 5.74) is 0.374. The van der Waals surface area contributed by atoms with E-state index in [1.54, 1.807) is 28.9 Å². The third kappa shape index (κ3) is 4.53. The van der Waals surface area contributed by atoms with Gasteiger partial charge in [-0.15, -0.1) is 0 Å². The number of amides is 2. The first-order valence-electron chi connectivity index (χ1n) is 11.0. The molecule has 2 amide bonds. The Kier molecular flexibility index (Phi) is 6.57. The van der Waals surface area contributed by atoms with Gasteiger partial charge in [0.1, 0.15) is 5.56 Å². The van der Waals surface area contributed by atoms with Gasteiger partial charge in [-0.1, -0.05) is 11.6 Å². The molecule has 0 N–H and O–H groups in total. The second-order valence-corrected chi connectivity index (χ2v) is 8.24. The molecule has 10 heteroatoms. The van der Waals surface area contributed by atoms with Gasteiger partial charge in [-0.2, -0.15) is 9.97 Å². The maximum Gasteiger partial charge on any atom is 0.259 e. The number of aromatic nitrogens is 3. The Bertz CT molecular complexity index is 973. The summed E-state index contributed by atoms with van der Waals surface area (Å²) in [5.74, 6) is 2.11. The second kappa shape index (κ2) is 9.54. The van der Waals surface area contributed by atoms with Crippen LogP contribution >= 0.6 is 0 Å². The van der Waals surface area contributed by atoms with Crippen molar-refractivity contribution in [1.29, 1.82) is 0 Å². The highest BCUT2D eigenvalue weighted by molar-refractivity contribution is 5.96. The number of carbonyl (C=O) groups excluding carboxylic acids is 2. The average molecular weight is 444 g/mol. The molecule has 4 rings (SSSR count). The van der Waals surface area contributed by atoms with Crippen molar-refractivity contribution < 1.29 is 23.6 Å². The quantitative estimate of drug-likeness (QED) is 0.610. The van der Waals surface area contributed by atoms with Crippen LogP contribution in [-0.4, -0.2) is 76.6 Å². The summed E-state index contributed by atoms with van der Waals surface area (Å²) in [6, 6.07) is 3.22. The maximum atomic E-state index is 13.1. The molecule has 2 aromatic rings. The van der Waals surface area contributed by atoms with Gasteiger partial charge in [0, 0.05) is 45.0 Å². The van der Waals surface area contributed by atoms with Crippen molar-refractivity contribution in [3.8, 4) is 11.8 Å². The molecule has 0 radical (unpaired) electrons. The highest BCUT2D eigenvalue weighted by Gasteiger charge is 2.33. The number of likely N-dealkylation sites (tertiary alicyclic amines) is 1. The molecule has 0 aromatic carbocycles. The molecule has 0 bridgehead atoms. The molecule has 172 valence electrons. The van der Waals surface area contributed by atoms with Crippen LogP contribution in [0.4, 0.5) is 0 Å². The van der Waals surface area contributed by atoms with Crippen molar-refractivity contribution in [3.05, 3.63) is 29.4 Å². The van der Waals surface area contributed by atoms with Crippen LogP contribution in [0.15, 0.2) is 16.7 Å². The number of ether oxygens (including phenoxy) is 2. The number of nitrogens with zero attached hydrogens (tertiary/aromatic N) is 5. The van der Waals surface area contributed by atoms with Gasteiger partial charge in [0.05, 0.1) is 20.3 Å². The standard InChI is InChI=1S/C22H29N5O5/c1-14(28)27(12-10-18-23-20(32-25-18)15-5-4-6-15)16-9-11-26(13-16)22(29)17-7-8-19(30-2)24-21(17)31-3/h7-8,15-16H,4-6,9-13H2,1-3H3. The van der Waals surface area contributed by atoms with Crippen LogP contribution in [0.3, 0.4) is 0 Å². The zero-order valence-corrected chi connectivity index (χ0v) is 18.7. The molecule has 2 fully saturated rings. The van der Waals surface area contributed by atoms with Crippen molar-refractivity contribution in [3.63, 3.8) is 0 Å². The fourth-order valence-electron chi connectivity index (χ4n) is 4.21. The van der Waals surface area contributed by atoms with Crippen LogP contribution in [0, 0.1) is 0 Å². The van der Waals surface area contributed by atoms with E-state index in [0.717, 1.165) is 12.8 Å². The Morgan fingerprint density at radius 2 is 2.00 bits per heavy atom. The average Bonchev–Trinajstić information content (AvgIpc) is 3.42. The molecule has 10 nitrogen and oxygen atoms in total. The fraction of sp³-hybridized carbons (Fsp3) is 0.591. The van der Waals surface area contributed by atoms with E-state index in [0.29, 0.717) is 61.6 Å². The molecule has 0 spiro atoms. The first-order chi connectivity index (χ1) is 15.5. The first-order valence-corrected chi connectivity index (χ1v) is 11.0. The highest BCUT2D eigenvalue weighted by Crippen LogP contribution is 2.35. The number of pyridine rings is 1. The van der Waals surface area contributed by atoms with Crippen LogP contribution in [0.25, 0.3) is 0 Å². The zero-order chi connectivity index (χ0) is 22.7. The predicted molar refractivity (Wildman–Crippen MR) is 114 cm³/mol. The Morgan fingerprint density at radius 3 is 2.66 bits per heavy atom. The number of methoxy groups -OCH3 is 2. The van der Waals surface area contributed by atoms with Crippen LogP contribution < -0.4 is 9.47 Å². The largest absolute Gasteiger partial charge is 0.481 e. The van der Waals surface area contributed by atoms with Gasteiger partial charge < -0.3 is 23.8 Å². The molecule has 3 heterocycles. The summed E-state index contributed by atoms with van der Waals surface area (Å²) in [7, 11) is 2.98. The van der Waals surface area contributed by atoms with E-state index in [1.807, 2.05) is 0 Å². The lowest BCUT2D eigenvalue weighted by molar-refractivity contribution is -0.130. The predicted octanol–water partition coefficient (Wildman–Crippen LogP) is 2.05. The summed E-state index contributed by atoms with van der Waals surface area (Å²) in [5, 5.41) is 4.07. The molecule has 1 atom stereocenters. The van der Waals surface area contributed by atoms with Crippen molar-refractivity contribution in [1.82, 2.24) is 24.9 Å². The van der Waals surface area contributed by atoms with Crippen molar-refractivity contribution >= 4 is 11.8 Å². The number of hydrogen-bond acceptors (Lipinski definition) is 8. The number of carbonyl (C=O) groups is 2. The van der Waals surface area contributed by atoms with Crippen molar-refractivity contribution in [2.24, 2.45) is 0 Å². The molecular formula is C22H29N5O5. The van der Waals surface area contributed by atoms with Crippen LogP contribution in [0.1, 0.15) is 60.6 Å². The first kappa shape index (κ1) is 22.0. The van der Waals surface area contributed by atoms with Crippen LogP contribution in [0.5, 0.6) is 11.8 Å². The van der Waals surface area contributed by atoms with E-state index >= 15 is 0 Å². The van der Waals surface area contributed by atoms with Gasteiger partial charge in [0.25, 0.3) is 5.91 Å². The van der Waals surface area contributed by atoms with E-state index in [4.69, 9.17) is 14.0 Å². The summed E-state index contributed by atoms with van der Waals surface area (Å²) in [6.07, 6.45) is 4.63. The lowest BCUT2D eigenvalue weighted by Gasteiger charge is -2.27.